The summed E-state index contributed by atoms with van der Waals surface area (Å²) in [6.07, 6.45) is 0. The maximum Gasteiger partial charge on any atom is 0.348 e. The number of sulfonamides is 1. The van der Waals surface area contributed by atoms with Gasteiger partial charge in [-0.15, -0.1) is 11.3 Å². The van der Waals surface area contributed by atoms with Gasteiger partial charge in [-0.3, -0.25) is 4.72 Å². The number of carbonyl (C=O) groups is 1. The topological polar surface area (TPSA) is 83.5 Å². The molecule has 1 aromatic carbocycles. The van der Waals surface area contributed by atoms with Crippen LogP contribution in [0.25, 0.3) is 0 Å². The second kappa shape index (κ2) is 5.51. The van der Waals surface area contributed by atoms with Gasteiger partial charge in [0.15, 0.2) is 0 Å². The second-order valence-corrected chi connectivity index (χ2v) is 7.13. The third-order valence-electron chi connectivity index (χ3n) is 2.29. The number of thiophene rings is 1. The van der Waals surface area contributed by atoms with Gasteiger partial charge in [-0.2, -0.15) is 0 Å². The lowest BCUT2D eigenvalue weighted by Gasteiger charge is -2.08. The van der Waals surface area contributed by atoms with Crippen molar-refractivity contribution in [1.82, 2.24) is 0 Å². The zero-order chi connectivity index (χ0) is 14.9. The van der Waals surface area contributed by atoms with Crippen molar-refractivity contribution >= 4 is 48.9 Å². The van der Waals surface area contributed by atoms with E-state index in [1.54, 1.807) is 0 Å². The Labute approximate surface area is 126 Å². The zero-order valence-electron chi connectivity index (χ0n) is 9.63. The summed E-state index contributed by atoms with van der Waals surface area (Å²) in [6.45, 7) is 0. The molecule has 0 bridgehead atoms. The Morgan fingerprint density at radius 1 is 1.35 bits per heavy atom. The molecule has 0 fully saturated rings. The molecule has 1 heterocycles. The predicted octanol–water partition coefficient (Wildman–Crippen LogP) is 3.15. The summed E-state index contributed by atoms with van der Waals surface area (Å²) < 4.78 is 40.2. The largest absolute Gasteiger partial charge is 0.477 e. The van der Waals surface area contributed by atoms with E-state index in [4.69, 9.17) is 5.11 Å². The fourth-order valence-electron chi connectivity index (χ4n) is 1.45. The summed E-state index contributed by atoms with van der Waals surface area (Å²) in [6, 6.07) is 4.79. The van der Waals surface area contributed by atoms with Gasteiger partial charge in [0.1, 0.15) is 15.6 Å². The molecule has 0 amide bonds. The third kappa shape index (κ3) is 3.00. The van der Waals surface area contributed by atoms with E-state index < -0.39 is 26.7 Å². The highest BCUT2D eigenvalue weighted by Crippen LogP contribution is 2.26. The van der Waals surface area contributed by atoms with E-state index in [9.17, 15) is 17.6 Å². The van der Waals surface area contributed by atoms with E-state index in [0.717, 1.165) is 23.5 Å². The molecule has 0 atom stereocenters. The van der Waals surface area contributed by atoms with Crippen molar-refractivity contribution in [3.05, 3.63) is 44.8 Å². The summed E-state index contributed by atoms with van der Waals surface area (Å²) in [5.74, 6) is -2.19. The van der Waals surface area contributed by atoms with Gasteiger partial charge in [-0.1, -0.05) is 15.9 Å². The molecule has 0 unspecified atom stereocenters. The molecule has 0 saturated carbocycles. The van der Waals surface area contributed by atoms with Gasteiger partial charge < -0.3 is 5.11 Å². The van der Waals surface area contributed by atoms with E-state index >= 15 is 0 Å². The van der Waals surface area contributed by atoms with Crippen molar-refractivity contribution in [3.63, 3.8) is 0 Å². The van der Waals surface area contributed by atoms with Crippen molar-refractivity contribution in [3.8, 4) is 0 Å². The summed E-state index contributed by atoms with van der Waals surface area (Å²) in [5.41, 5.74) is -0.0928. The molecule has 5 nitrogen and oxygen atoms in total. The van der Waals surface area contributed by atoms with Crippen LogP contribution in [0.1, 0.15) is 9.67 Å². The molecule has 0 saturated heterocycles. The molecule has 2 aromatic rings. The van der Waals surface area contributed by atoms with Gasteiger partial charge in [0.2, 0.25) is 0 Å². The number of nitrogens with one attached hydrogen (secondary N) is 1. The average Bonchev–Trinajstić information content (AvgIpc) is 2.75. The third-order valence-corrected chi connectivity index (χ3v) is 5.08. The minimum Gasteiger partial charge on any atom is -0.477 e. The molecule has 106 valence electrons. The molecule has 1 aromatic heterocycles. The molecule has 0 aliphatic heterocycles. The number of hydrogen-bond donors (Lipinski definition) is 2. The Morgan fingerprint density at radius 2 is 2.05 bits per heavy atom. The maximum absolute atomic E-state index is 13.7. The number of benzene rings is 1. The number of hydrogen-bond acceptors (Lipinski definition) is 4. The molecule has 2 rings (SSSR count). The Morgan fingerprint density at radius 3 is 2.65 bits per heavy atom. The van der Waals surface area contributed by atoms with Gasteiger partial charge in [0.05, 0.1) is 5.69 Å². The smallest absolute Gasteiger partial charge is 0.348 e. The Bertz CT molecular complexity index is 772. The quantitative estimate of drug-likeness (QED) is 0.854. The summed E-state index contributed by atoms with van der Waals surface area (Å²) in [4.78, 5) is 10.2. The monoisotopic (exact) mass is 379 g/mol. The molecule has 0 aliphatic rings. The average molecular weight is 380 g/mol. The first-order chi connectivity index (χ1) is 9.31. The lowest BCUT2D eigenvalue weighted by molar-refractivity contribution is 0.0703. The highest BCUT2D eigenvalue weighted by Gasteiger charge is 2.22. The van der Waals surface area contributed by atoms with E-state index in [2.05, 4.69) is 20.7 Å². The van der Waals surface area contributed by atoms with Gasteiger partial charge in [0, 0.05) is 4.47 Å². The maximum atomic E-state index is 13.7. The van der Waals surface area contributed by atoms with Crippen LogP contribution in [-0.4, -0.2) is 19.5 Å². The number of anilines is 1. The first kappa shape index (κ1) is 14.9. The van der Waals surface area contributed by atoms with Gasteiger partial charge in [-0.25, -0.2) is 17.6 Å². The highest BCUT2D eigenvalue weighted by atomic mass is 79.9. The minimum absolute atomic E-state index is 0.0928. The van der Waals surface area contributed by atoms with E-state index in [-0.39, 0.29) is 10.6 Å². The lowest BCUT2D eigenvalue weighted by Crippen LogP contribution is -2.15. The highest BCUT2D eigenvalue weighted by molar-refractivity contribution is 9.10. The van der Waals surface area contributed by atoms with Crippen LogP contribution in [0.15, 0.2) is 39.0 Å². The van der Waals surface area contributed by atoms with Crippen LogP contribution in [0.4, 0.5) is 10.1 Å². The van der Waals surface area contributed by atoms with Crippen LogP contribution in [-0.2, 0) is 10.0 Å². The normalized spacial score (nSPS) is 11.3. The fraction of sp³-hybridized carbons (Fsp3) is 0. The number of aromatic carboxylic acids is 1. The Kier molecular flexibility index (Phi) is 4.11. The predicted molar refractivity (Wildman–Crippen MR) is 76.2 cm³/mol. The standard InChI is InChI=1S/C11H7BrFNO4S2/c12-6-1-2-9(7(13)5-6)20(17,18)14-8-3-4-19-10(8)11(15)16/h1-5,14H,(H,15,16). The van der Waals surface area contributed by atoms with Crippen LogP contribution in [0, 0.1) is 5.82 Å². The summed E-state index contributed by atoms with van der Waals surface area (Å²) in [7, 11) is -4.19. The summed E-state index contributed by atoms with van der Waals surface area (Å²) in [5, 5.41) is 10.3. The Balaban J connectivity index is 2.41. The van der Waals surface area contributed by atoms with Crippen molar-refractivity contribution < 1.29 is 22.7 Å². The fourth-order valence-corrected chi connectivity index (χ4v) is 3.67. The van der Waals surface area contributed by atoms with Crippen LogP contribution in [0.3, 0.4) is 0 Å². The second-order valence-electron chi connectivity index (χ2n) is 3.65. The van der Waals surface area contributed by atoms with Crippen molar-refractivity contribution in [2.45, 2.75) is 4.90 Å². The molecular weight excluding hydrogens is 373 g/mol. The summed E-state index contributed by atoms with van der Waals surface area (Å²) >= 11 is 3.90. The van der Waals surface area contributed by atoms with Crippen molar-refractivity contribution in [2.24, 2.45) is 0 Å². The van der Waals surface area contributed by atoms with E-state index in [1.165, 1.54) is 17.5 Å². The number of carboxylic acid groups (broad SMARTS) is 1. The number of rotatable bonds is 4. The number of carboxylic acids is 1. The van der Waals surface area contributed by atoms with E-state index in [1.807, 2.05) is 0 Å². The lowest BCUT2D eigenvalue weighted by atomic mass is 10.3. The van der Waals surface area contributed by atoms with Gasteiger partial charge in [0.25, 0.3) is 10.0 Å². The van der Waals surface area contributed by atoms with Crippen molar-refractivity contribution in [2.75, 3.05) is 4.72 Å². The first-order valence-corrected chi connectivity index (χ1v) is 8.25. The SMILES string of the molecule is O=C(O)c1sccc1NS(=O)(=O)c1ccc(Br)cc1F. The molecule has 2 N–H and O–H groups in total. The molecule has 20 heavy (non-hydrogen) atoms. The molecule has 0 radical (unpaired) electrons. The zero-order valence-corrected chi connectivity index (χ0v) is 12.9. The van der Waals surface area contributed by atoms with Gasteiger partial charge >= 0.3 is 5.97 Å². The minimum atomic E-state index is -4.19. The van der Waals surface area contributed by atoms with Crippen LogP contribution in [0.2, 0.25) is 0 Å². The van der Waals surface area contributed by atoms with Crippen LogP contribution in [0.5, 0.6) is 0 Å². The first-order valence-electron chi connectivity index (χ1n) is 5.10. The molecular formula is C11H7BrFNO4S2. The molecule has 0 spiro atoms. The van der Waals surface area contributed by atoms with Crippen LogP contribution < -0.4 is 4.72 Å². The van der Waals surface area contributed by atoms with E-state index in [0.29, 0.717) is 4.47 Å². The number of halogens is 2. The Hall–Kier alpha value is -1.45. The van der Waals surface area contributed by atoms with Gasteiger partial charge in [-0.05, 0) is 29.6 Å². The van der Waals surface area contributed by atoms with Crippen LogP contribution >= 0.6 is 27.3 Å². The molecule has 0 aliphatic carbocycles. The molecule has 9 heteroatoms. The van der Waals surface area contributed by atoms with Crippen molar-refractivity contribution in [1.29, 1.82) is 0 Å².